The predicted octanol–water partition coefficient (Wildman–Crippen LogP) is 12.0. The van der Waals surface area contributed by atoms with E-state index < -0.39 is 0 Å². The van der Waals surface area contributed by atoms with E-state index in [-0.39, 0.29) is 47.9 Å². The fraction of sp³-hybridized carbons (Fsp3) is 0.489. The third-order valence-electron chi connectivity index (χ3n) is 11.0. The number of aliphatic hydroxyl groups is 1. The van der Waals surface area contributed by atoms with Crippen molar-refractivity contribution in [2.75, 3.05) is 0 Å². The Bertz CT molecular complexity index is 1810. The minimum absolute atomic E-state index is 0. The summed E-state index contributed by atoms with van der Waals surface area (Å²) in [4.78, 5) is 22.1. The van der Waals surface area contributed by atoms with E-state index in [0.29, 0.717) is 5.92 Å². The van der Waals surface area contributed by atoms with Gasteiger partial charge in [0.1, 0.15) is 5.76 Å². The molecule has 1 radical (unpaired) electrons. The molecule has 0 atom stereocenters. The molecule has 1 aliphatic rings. The van der Waals surface area contributed by atoms with E-state index in [2.05, 4.69) is 95.4 Å². The van der Waals surface area contributed by atoms with Crippen molar-refractivity contribution in [3.8, 4) is 22.4 Å². The molecule has 0 bridgehead atoms. The van der Waals surface area contributed by atoms with Crippen LogP contribution in [0, 0.1) is 22.8 Å². The van der Waals surface area contributed by atoms with Crippen molar-refractivity contribution in [2.45, 2.75) is 127 Å². The van der Waals surface area contributed by atoms with Crippen LogP contribution in [-0.4, -0.2) is 20.9 Å². The van der Waals surface area contributed by atoms with Crippen LogP contribution >= 0.6 is 0 Å². The third kappa shape index (κ3) is 9.20. The number of nitrogens with zero attached hydrogens (tertiary/aromatic N) is 2. The fourth-order valence-corrected chi connectivity index (χ4v) is 6.52. The first-order valence-electron chi connectivity index (χ1n) is 18.5. The summed E-state index contributed by atoms with van der Waals surface area (Å²) in [6.07, 6.45) is 9.84. The quantitative estimate of drug-likeness (QED) is 0.0981. The molecule has 0 unspecified atom stereocenters. The second kappa shape index (κ2) is 16.9. The molecule has 4 aromatic rings. The first-order valence-corrected chi connectivity index (χ1v) is 18.5. The number of pyridine rings is 2. The first kappa shape index (κ1) is 41.3. The van der Waals surface area contributed by atoms with E-state index in [9.17, 15) is 9.90 Å². The number of allylic oxidation sites excluding steroid dienone is 2. The molecule has 50 heavy (non-hydrogen) atoms. The van der Waals surface area contributed by atoms with E-state index >= 15 is 0 Å². The summed E-state index contributed by atoms with van der Waals surface area (Å²) in [5.41, 5.74) is 9.11. The van der Waals surface area contributed by atoms with Gasteiger partial charge >= 0.3 is 0 Å². The molecule has 0 saturated heterocycles. The van der Waals surface area contributed by atoms with E-state index in [1.54, 1.807) is 0 Å². The topological polar surface area (TPSA) is 63.1 Å². The Balaban J connectivity index is 0.000000323. The average Bonchev–Trinajstić information content (AvgIpc) is 3.09. The molecule has 2 aromatic heterocycles. The normalized spacial score (nSPS) is 13.2. The maximum Gasteiger partial charge on any atom is 0.164 e. The van der Waals surface area contributed by atoms with Gasteiger partial charge in [-0.2, -0.15) is 0 Å². The van der Waals surface area contributed by atoms with Gasteiger partial charge in [0.15, 0.2) is 5.78 Å². The summed E-state index contributed by atoms with van der Waals surface area (Å²) >= 11 is 0. The fourth-order valence-electron chi connectivity index (χ4n) is 6.52. The number of aliphatic hydroxyl groups excluding tert-OH is 1. The number of rotatable bonds is 10. The van der Waals surface area contributed by atoms with Crippen molar-refractivity contribution in [3.63, 3.8) is 0 Å². The summed E-state index contributed by atoms with van der Waals surface area (Å²) in [7, 11) is 0. The van der Waals surface area contributed by atoms with Crippen LogP contribution in [-0.2, 0) is 49.6 Å². The number of ketones is 1. The zero-order valence-electron chi connectivity index (χ0n) is 32.4. The van der Waals surface area contributed by atoms with Gasteiger partial charge in [0.25, 0.3) is 0 Å². The Morgan fingerprint density at radius 3 is 2.12 bits per heavy atom. The molecule has 2 aromatic carbocycles. The zero-order valence-corrected chi connectivity index (χ0v) is 34.8. The van der Waals surface area contributed by atoms with E-state index in [1.165, 1.54) is 45.1 Å². The van der Waals surface area contributed by atoms with Gasteiger partial charge in [0.05, 0.1) is 0 Å². The standard InChI is InChI=1S/C30H31N2.C15H28O2.Ir/c1-19(2)14-23-11-12-25-26-17-29(31-18-21(26)10-13-28(25)32-23)22-15-20-8-6-7-9-24(20)27(16-22)30(3,4)5;1-7-14(5,8-2)12(16)11-13(17)15(6,9-3)10-4;/h6-9,11-12,16-19H,10,13-14H2,1-5H3;11,16H,7-10H2,1-6H3;/q-1;;/b;12-11-;. The number of aromatic nitrogens is 2. The van der Waals surface area contributed by atoms with Gasteiger partial charge in [-0.1, -0.05) is 117 Å². The van der Waals surface area contributed by atoms with Crippen LogP contribution in [0.3, 0.4) is 0 Å². The second-order valence-electron chi connectivity index (χ2n) is 15.9. The Kier molecular flexibility index (Phi) is 14.0. The minimum Gasteiger partial charge on any atom is -0.512 e. The van der Waals surface area contributed by atoms with Crippen LogP contribution in [0.15, 0.2) is 66.6 Å². The first-order chi connectivity index (χ1) is 23.1. The van der Waals surface area contributed by atoms with E-state index in [1.807, 2.05) is 41.5 Å². The maximum atomic E-state index is 12.2. The third-order valence-corrected chi connectivity index (χ3v) is 11.0. The van der Waals surface area contributed by atoms with Gasteiger partial charge in [0.2, 0.25) is 0 Å². The van der Waals surface area contributed by atoms with Gasteiger partial charge < -0.3 is 5.11 Å². The van der Waals surface area contributed by atoms with Crippen molar-refractivity contribution < 1.29 is 30.0 Å². The van der Waals surface area contributed by atoms with Crippen LogP contribution in [0.1, 0.15) is 124 Å². The summed E-state index contributed by atoms with van der Waals surface area (Å²) in [5, 5.41) is 12.6. The van der Waals surface area contributed by atoms with Crippen molar-refractivity contribution in [3.05, 3.63) is 95.1 Å². The SMILES string of the molecule is CC(C)Cc1ccc2c(n1)CCc1cnc(-c3[c-]c4ccccc4c(C(C)(C)C)c3)cc1-2.CCC(C)(CC)C(=O)/C=C(\O)C(C)(CC)CC.[Ir]. The van der Waals surface area contributed by atoms with Gasteiger partial charge in [-0.05, 0) is 73.5 Å². The molecule has 0 saturated carbocycles. The number of carbonyl (C=O) groups is 1. The monoisotopic (exact) mass is 852 g/mol. The van der Waals surface area contributed by atoms with Gasteiger partial charge in [-0.25, -0.2) is 0 Å². The molecule has 1 aliphatic carbocycles. The number of aryl methyl sites for hydroxylation is 2. The summed E-state index contributed by atoms with van der Waals surface area (Å²) in [5.74, 6) is 0.904. The Morgan fingerprint density at radius 2 is 1.52 bits per heavy atom. The van der Waals surface area contributed by atoms with Crippen molar-refractivity contribution >= 4 is 16.6 Å². The smallest absolute Gasteiger partial charge is 0.164 e. The van der Waals surface area contributed by atoms with Crippen LogP contribution in [0.5, 0.6) is 0 Å². The Morgan fingerprint density at radius 1 is 0.880 bits per heavy atom. The van der Waals surface area contributed by atoms with Crippen molar-refractivity contribution in [1.82, 2.24) is 9.97 Å². The number of fused-ring (bicyclic) bond motifs is 4. The molecule has 1 N–H and O–H groups in total. The van der Waals surface area contributed by atoms with Crippen LogP contribution in [0.25, 0.3) is 33.2 Å². The number of hydrogen-bond acceptors (Lipinski definition) is 4. The summed E-state index contributed by atoms with van der Waals surface area (Å²) in [6.45, 7) is 23.4. The number of benzene rings is 2. The summed E-state index contributed by atoms with van der Waals surface area (Å²) < 4.78 is 0. The molecular formula is C45H59IrN2O2-. The molecule has 5 rings (SSSR count). The molecule has 0 fully saturated rings. The molecule has 0 spiro atoms. The molecule has 4 nitrogen and oxygen atoms in total. The Hall–Kier alpha value is -3.14. The molecule has 271 valence electrons. The van der Waals surface area contributed by atoms with Crippen LogP contribution in [0.4, 0.5) is 0 Å². The summed E-state index contributed by atoms with van der Waals surface area (Å²) in [6, 6.07) is 21.2. The predicted molar refractivity (Wildman–Crippen MR) is 207 cm³/mol. The molecular weight excluding hydrogens is 793 g/mol. The number of carbonyl (C=O) groups excluding carboxylic acids is 1. The van der Waals surface area contributed by atoms with E-state index in [4.69, 9.17) is 9.97 Å². The zero-order chi connectivity index (χ0) is 36.1. The molecule has 0 amide bonds. The van der Waals surface area contributed by atoms with E-state index in [0.717, 1.165) is 61.6 Å². The average molecular weight is 852 g/mol. The van der Waals surface area contributed by atoms with Crippen molar-refractivity contribution in [1.29, 1.82) is 0 Å². The molecule has 0 aliphatic heterocycles. The largest absolute Gasteiger partial charge is 0.512 e. The minimum atomic E-state index is -0.337. The van der Waals surface area contributed by atoms with Gasteiger partial charge in [-0.3, -0.25) is 14.8 Å². The molecule has 2 heterocycles. The Labute approximate surface area is 316 Å². The maximum absolute atomic E-state index is 12.2. The van der Waals surface area contributed by atoms with Crippen LogP contribution in [0.2, 0.25) is 0 Å². The van der Waals surface area contributed by atoms with Crippen LogP contribution < -0.4 is 0 Å². The number of hydrogen-bond donors (Lipinski definition) is 1. The van der Waals surface area contributed by atoms with Crippen molar-refractivity contribution in [2.24, 2.45) is 16.7 Å². The molecule has 5 heteroatoms. The van der Waals surface area contributed by atoms with Gasteiger partial charge in [-0.15, -0.1) is 29.1 Å². The van der Waals surface area contributed by atoms with Gasteiger partial charge in [0, 0.05) is 65.9 Å². The second-order valence-corrected chi connectivity index (χ2v) is 15.9.